The van der Waals surface area contributed by atoms with Gasteiger partial charge in [-0.1, -0.05) is 37.6 Å². The summed E-state index contributed by atoms with van der Waals surface area (Å²) in [5, 5.41) is 23.6. The second-order valence-corrected chi connectivity index (χ2v) is 8.56. The number of carbonyl (C=O) groups is 4. The Balaban J connectivity index is 2.97. The Labute approximate surface area is 181 Å². The third-order valence-electron chi connectivity index (χ3n) is 4.72. The van der Waals surface area contributed by atoms with Crippen LogP contribution in [0.4, 0.5) is 0 Å². The van der Waals surface area contributed by atoms with Gasteiger partial charge in [-0.15, -0.1) is 0 Å². The molecule has 2 amide bonds. The maximum atomic E-state index is 13.0. The summed E-state index contributed by atoms with van der Waals surface area (Å²) in [5.74, 6) is -3.51. The summed E-state index contributed by atoms with van der Waals surface area (Å²) >= 11 is 5.91. The van der Waals surface area contributed by atoms with Gasteiger partial charge in [-0.05, 0) is 50.3 Å². The van der Waals surface area contributed by atoms with Crippen molar-refractivity contribution < 1.29 is 29.4 Å². The van der Waals surface area contributed by atoms with Gasteiger partial charge in [0.25, 0.3) is 0 Å². The lowest BCUT2D eigenvalue weighted by molar-refractivity contribution is -0.143. The van der Waals surface area contributed by atoms with Crippen molar-refractivity contribution in [3.05, 3.63) is 34.9 Å². The second kappa shape index (κ2) is 11.0. The molecule has 0 radical (unpaired) electrons. The van der Waals surface area contributed by atoms with Gasteiger partial charge in [0.2, 0.25) is 11.8 Å². The zero-order valence-electron chi connectivity index (χ0n) is 17.6. The second-order valence-electron chi connectivity index (χ2n) is 8.12. The molecule has 0 aliphatic rings. The molecule has 9 heteroatoms. The fourth-order valence-corrected chi connectivity index (χ4v) is 2.96. The van der Waals surface area contributed by atoms with E-state index >= 15 is 0 Å². The summed E-state index contributed by atoms with van der Waals surface area (Å²) in [6.45, 7) is 7.16. The van der Waals surface area contributed by atoms with Gasteiger partial charge in [0, 0.05) is 11.4 Å². The van der Waals surface area contributed by atoms with Crippen molar-refractivity contribution in [2.24, 2.45) is 5.92 Å². The van der Waals surface area contributed by atoms with Crippen LogP contribution in [0.15, 0.2) is 24.3 Å². The highest BCUT2D eigenvalue weighted by Gasteiger charge is 2.34. The Morgan fingerprint density at radius 2 is 1.57 bits per heavy atom. The monoisotopic (exact) mass is 440 g/mol. The zero-order valence-corrected chi connectivity index (χ0v) is 18.3. The third kappa shape index (κ3) is 7.67. The Bertz CT molecular complexity index is 776. The van der Waals surface area contributed by atoms with E-state index in [0.717, 1.165) is 0 Å². The number of aliphatic carboxylic acids is 2. The number of nitrogens with one attached hydrogen (secondary N) is 2. The fraction of sp³-hybridized carbons (Fsp3) is 0.524. The molecule has 0 saturated carbocycles. The minimum absolute atomic E-state index is 0.0435. The average Bonchev–Trinajstić information content (AvgIpc) is 2.63. The van der Waals surface area contributed by atoms with E-state index in [1.807, 2.05) is 13.8 Å². The lowest BCUT2D eigenvalue weighted by Crippen LogP contribution is -2.54. The number of hydrogen-bond donors (Lipinski definition) is 4. The van der Waals surface area contributed by atoms with Gasteiger partial charge < -0.3 is 20.8 Å². The van der Waals surface area contributed by atoms with Crippen molar-refractivity contribution in [1.82, 2.24) is 10.6 Å². The summed E-state index contributed by atoms with van der Waals surface area (Å²) in [4.78, 5) is 47.8. The predicted molar refractivity (Wildman–Crippen MR) is 112 cm³/mol. The summed E-state index contributed by atoms with van der Waals surface area (Å²) in [6, 6.07) is 4.48. The molecule has 8 nitrogen and oxygen atoms in total. The molecule has 0 aliphatic carbocycles. The van der Waals surface area contributed by atoms with E-state index in [2.05, 4.69) is 10.6 Å². The summed E-state index contributed by atoms with van der Waals surface area (Å²) in [5.41, 5.74) is -0.256. The van der Waals surface area contributed by atoms with Crippen LogP contribution in [0.2, 0.25) is 5.02 Å². The van der Waals surface area contributed by atoms with Crippen molar-refractivity contribution in [3.63, 3.8) is 0 Å². The van der Waals surface area contributed by atoms with Gasteiger partial charge in [-0.25, -0.2) is 4.79 Å². The number of rotatable bonds is 11. The van der Waals surface area contributed by atoms with Crippen molar-refractivity contribution in [2.45, 2.75) is 64.5 Å². The van der Waals surface area contributed by atoms with Crippen LogP contribution in [-0.2, 0) is 24.6 Å². The first-order valence-corrected chi connectivity index (χ1v) is 10.0. The summed E-state index contributed by atoms with van der Waals surface area (Å²) < 4.78 is 0. The SMILES string of the molecule is CC(C)C[C@H](NC(=O)C(C)(C)c1ccc(Cl)cc1)C(=O)N[C@H](CCC(=O)O)C(=O)O. The van der Waals surface area contributed by atoms with Gasteiger partial charge in [0.15, 0.2) is 0 Å². The highest BCUT2D eigenvalue weighted by Crippen LogP contribution is 2.25. The minimum Gasteiger partial charge on any atom is -0.481 e. The highest BCUT2D eigenvalue weighted by molar-refractivity contribution is 6.30. The zero-order chi connectivity index (χ0) is 23.1. The molecule has 1 aromatic rings. The molecule has 0 spiro atoms. The number of amides is 2. The van der Waals surface area contributed by atoms with Crippen LogP contribution in [0.3, 0.4) is 0 Å². The third-order valence-corrected chi connectivity index (χ3v) is 4.98. The van der Waals surface area contributed by atoms with E-state index in [-0.39, 0.29) is 12.3 Å². The first kappa shape index (κ1) is 25.4. The van der Waals surface area contributed by atoms with Crippen molar-refractivity contribution in [1.29, 1.82) is 0 Å². The Hall–Kier alpha value is -2.61. The van der Waals surface area contributed by atoms with E-state index in [1.54, 1.807) is 38.1 Å². The van der Waals surface area contributed by atoms with Crippen molar-refractivity contribution >= 4 is 35.4 Å². The van der Waals surface area contributed by atoms with Crippen molar-refractivity contribution in [3.8, 4) is 0 Å². The van der Waals surface area contributed by atoms with Crippen molar-refractivity contribution in [2.75, 3.05) is 0 Å². The van der Waals surface area contributed by atoms with Crippen LogP contribution >= 0.6 is 11.6 Å². The molecule has 166 valence electrons. The standard InChI is InChI=1S/C21H29ClN2O6/c1-12(2)11-16(18(27)23-15(19(28)29)9-10-17(25)26)24-20(30)21(3,4)13-5-7-14(22)8-6-13/h5-8,12,15-16H,9-11H2,1-4H3,(H,23,27)(H,24,30)(H,25,26)(H,28,29)/t15-,16+/m1/s1. The van der Waals surface area contributed by atoms with E-state index in [9.17, 15) is 24.3 Å². The minimum atomic E-state index is -1.36. The van der Waals surface area contributed by atoms with Crippen LogP contribution in [0, 0.1) is 5.92 Å². The van der Waals surface area contributed by atoms with Gasteiger partial charge in [-0.2, -0.15) is 0 Å². The molecular formula is C21H29ClN2O6. The molecule has 1 rings (SSSR count). The molecule has 0 aromatic heterocycles. The number of benzene rings is 1. The number of carboxylic acids is 2. The fourth-order valence-electron chi connectivity index (χ4n) is 2.84. The van der Waals surface area contributed by atoms with Crippen LogP contribution in [-0.4, -0.2) is 46.0 Å². The Morgan fingerprint density at radius 3 is 2.03 bits per heavy atom. The molecule has 0 unspecified atom stereocenters. The largest absolute Gasteiger partial charge is 0.481 e. The Morgan fingerprint density at radius 1 is 1.00 bits per heavy atom. The lowest BCUT2D eigenvalue weighted by Gasteiger charge is -2.29. The molecule has 0 aliphatic heterocycles. The predicted octanol–water partition coefficient (Wildman–Crippen LogP) is 2.58. The molecule has 0 saturated heterocycles. The van der Waals surface area contributed by atoms with E-state index in [0.29, 0.717) is 17.0 Å². The number of halogens is 1. The first-order chi connectivity index (χ1) is 13.8. The molecule has 4 N–H and O–H groups in total. The lowest BCUT2D eigenvalue weighted by atomic mass is 9.83. The number of hydrogen-bond acceptors (Lipinski definition) is 4. The number of carbonyl (C=O) groups excluding carboxylic acids is 2. The van der Waals surface area contributed by atoms with Crippen LogP contribution in [0.25, 0.3) is 0 Å². The topological polar surface area (TPSA) is 133 Å². The maximum Gasteiger partial charge on any atom is 0.326 e. The summed E-state index contributed by atoms with van der Waals surface area (Å²) in [6.07, 6.45) is -0.364. The molecule has 2 atom stereocenters. The van der Waals surface area contributed by atoms with Gasteiger partial charge >= 0.3 is 11.9 Å². The van der Waals surface area contributed by atoms with E-state index < -0.39 is 47.7 Å². The summed E-state index contributed by atoms with van der Waals surface area (Å²) in [7, 11) is 0. The average molecular weight is 441 g/mol. The maximum absolute atomic E-state index is 13.0. The quantitative estimate of drug-likeness (QED) is 0.418. The molecule has 30 heavy (non-hydrogen) atoms. The molecule has 1 aromatic carbocycles. The van der Waals surface area contributed by atoms with Crippen LogP contribution < -0.4 is 10.6 Å². The van der Waals surface area contributed by atoms with E-state index in [1.165, 1.54) is 0 Å². The normalized spacial score (nSPS) is 13.4. The molecule has 0 heterocycles. The first-order valence-electron chi connectivity index (χ1n) is 9.66. The smallest absolute Gasteiger partial charge is 0.326 e. The molecule has 0 bridgehead atoms. The van der Waals surface area contributed by atoms with Crippen LogP contribution in [0.5, 0.6) is 0 Å². The number of carboxylic acid groups (broad SMARTS) is 2. The highest BCUT2D eigenvalue weighted by atomic mass is 35.5. The van der Waals surface area contributed by atoms with Gasteiger partial charge in [-0.3, -0.25) is 14.4 Å². The van der Waals surface area contributed by atoms with E-state index in [4.69, 9.17) is 16.7 Å². The molecular weight excluding hydrogens is 412 g/mol. The Kier molecular flexibility index (Phi) is 9.29. The molecule has 0 fully saturated rings. The van der Waals surface area contributed by atoms with Gasteiger partial charge in [0.1, 0.15) is 12.1 Å². The van der Waals surface area contributed by atoms with Crippen LogP contribution in [0.1, 0.15) is 52.5 Å². The van der Waals surface area contributed by atoms with Gasteiger partial charge in [0.05, 0.1) is 5.41 Å².